The number of ether oxygens (including phenoxy) is 1. The molecule has 0 aromatic heterocycles. The second-order valence-electron chi connectivity index (χ2n) is 4.43. The highest BCUT2D eigenvalue weighted by molar-refractivity contribution is 5.76. The lowest BCUT2D eigenvalue weighted by molar-refractivity contribution is 0.202. The summed E-state index contributed by atoms with van der Waals surface area (Å²) in [6, 6.07) is 5.54. The van der Waals surface area contributed by atoms with E-state index in [1.807, 2.05) is 24.3 Å². The van der Waals surface area contributed by atoms with Gasteiger partial charge in [-0.2, -0.15) is 0 Å². The molecule has 1 aromatic carbocycles. The maximum absolute atomic E-state index is 11.4. The Morgan fingerprint density at radius 1 is 1.53 bits per heavy atom. The van der Waals surface area contributed by atoms with Crippen LogP contribution in [-0.2, 0) is 6.42 Å². The van der Waals surface area contributed by atoms with Gasteiger partial charge in [-0.1, -0.05) is 6.08 Å². The zero-order valence-corrected chi connectivity index (χ0v) is 10.9. The Hall–Kier alpha value is -2.17. The maximum Gasteiger partial charge on any atom is 0.317 e. The van der Waals surface area contributed by atoms with Gasteiger partial charge in [0.25, 0.3) is 0 Å². The highest BCUT2D eigenvalue weighted by atomic mass is 16.5. The molecule has 5 heteroatoms. The summed E-state index contributed by atoms with van der Waals surface area (Å²) < 4.78 is 5.73. The van der Waals surface area contributed by atoms with Gasteiger partial charge < -0.3 is 20.7 Å². The number of carbonyl (C=O) groups is 1. The SMILES string of the molecule is C=CCc1cc(N)ccc1OCCN1CCNC1=O. The van der Waals surface area contributed by atoms with Crippen molar-refractivity contribution in [2.75, 3.05) is 32.0 Å². The van der Waals surface area contributed by atoms with E-state index in [0.717, 1.165) is 17.9 Å². The number of nitrogens with one attached hydrogen (secondary N) is 1. The average molecular weight is 261 g/mol. The molecule has 0 spiro atoms. The molecule has 19 heavy (non-hydrogen) atoms. The molecule has 5 nitrogen and oxygen atoms in total. The molecule has 1 aliphatic heterocycles. The van der Waals surface area contributed by atoms with E-state index < -0.39 is 0 Å². The van der Waals surface area contributed by atoms with Gasteiger partial charge in [-0.05, 0) is 30.2 Å². The topological polar surface area (TPSA) is 67.6 Å². The Morgan fingerprint density at radius 3 is 3.05 bits per heavy atom. The van der Waals surface area contributed by atoms with Crippen molar-refractivity contribution in [3.05, 3.63) is 36.4 Å². The number of anilines is 1. The minimum Gasteiger partial charge on any atom is -0.491 e. The lowest BCUT2D eigenvalue weighted by Gasteiger charge is -2.16. The number of nitrogens with zero attached hydrogens (tertiary/aromatic N) is 1. The van der Waals surface area contributed by atoms with Crippen LogP contribution in [0.2, 0.25) is 0 Å². The number of urea groups is 1. The Labute approximate surface area is 113 Å². The Bertz CT molecular complexity index is 474. The number of carbonyl (C=O) groups excluding carboxylic acids is 1. The minimum absolute atomic E-state index is 0.0211. The number of hydrogen-bond acceptors (Lipinski definition) is 3. The molecule has 0 saturated carbocycles. The largest absolute Gasteiger partial charge is 0.491 e. The lowest BCUT2D eigenvalue weighted by atomic mass is 10.1. The minimum atomic E-state index is -0.0211. The van der Waals surface area contributed by atoms with Crippen molar-refractivity contribution in [3.63, 3.8) is 0 Å². The Morgan fingerprint density at radius 2 is 2.37 bits per heavy atom. The smallest absolute Gasteiger partial charge is 0.317 e. The Balaban J connectivity index is 1.91. The van der Waals surface area contributed by atoms with Crippen LogP contribution in [0.25, 0.3) is 0 Å². The van der Waals surface area contributed by atoms with E-state index in [9.17, 15) is 4.79 Å². The van der Waals surface area contributed by atoms with Gasteiger partial charge in [0, 0.05) is 18.8 Å². The fourth-order valence-electron chi connectivity index (χ4n) is 2.05. The third kappa shape index (κ3) is 3.40. The normalized spacial score (nSPS) is 14.3. The summed E-state index contributed by atoms with van der Waals surface area (Å²) in [5.41, 5.74) is 7.48. The van der Waals surface area contributed by atoms with Crippen LogP contribution in [0.5, 0.6) is 5.75 Å². The number of rotatable bonds is 6. The van der Waals surface area contributed by atoms with E-state index in [0.29, 0.717) is 31.8 Å². The van der Waals surface area contributed by atoms with Gasteiger partial charge in [0.05, 0.1) is 6.54 Å². The van der Waals surface area contributed by atoms with Crippen molar-refractivity contribution >= 4 is 11.7 Å². The molecule has 102 valence electrons. The molecule has 0 bridgehead atoms. The highest BCUT2D eigenvalue weighted by Gasteiger charge is 2.18. The van der Waals surface area contributed by atoms with E-state index in [4.69, 9.17) is 10.5 Å². The van der Waals surface area contributed by atoms with Crippen LogP contribution < -0.4 is 15.8 Å². The molecule has 0 unspecified atom stereocenters. The number of benzene rings is 1. The number of hydrogen-bond donors (Lipinski definition) is 2. The summed E-state index contributed by atoms with van der Waals surface area (Å²) in [6.45, 7) is 6.23. The molecule has 0 aliphatic carbocycles. The van der Waals surface area contributed by atoms with E-state index in [2.05, 4.69) is 11.9 Å². The van der Waals surface area contributed by atoms with Crippen molar-refractivity contribution in [1.82, 2.24) is 10.2 Å². The molecule has 0 radical (unpaired) electrons. The molecule has 1 fully saturated rings. The molecule has 1 saturated heterocycles. The molecule has 0 atom stereocenters. The van der Waals surface area contributed by atoms with Gasteiger partial charge >= 0.3 is 6.03 Å². The predicted octanol–water partition coefficient (Wildman–Crippen LogP) is 1.40. The fraction of sp³-hybridized carbons (Fsp3) is 0.357. The number of nitrogen functional groups attached to an aromatic ring is 1. The van der Waals surface area contributed by atoms with E-state index in [1.54, 1.807) is 4.90 Å². The maximum atomic E-state index is 11.4. The molecular weight excluding hydrogens is 242 g/mol. The summed E-state index contributed by atoms with van der Waals surface area (Å²) >= 11 is 0. The monoisotopic (exact) mass is 261 g/mol. The third-order valence-corrected chi connectivity index (χ3v) is 3.01. The summed E-state index contributed by atoms with van der Waals surface area (Å²) in [5, 5.41) is 2.76. The molecule has 3 N–H and O–H groups in total. The molecule has 1 heterocycles. The number of nitrogens with two attached hydrogens (primary N) is 1. The lowest BCUT2D eigenvalue weighted by Crippen LogP contribution is -2.31. The first-order chi connectivity index (χ1) is 9.20. The summed E-state index contributed by atoms with van der Waals surface area (Å²) in [5.74, 6) is 0.800. The van der Waals surface area contributed by atoms with Crippen LogP contribution in [0.3, 0.4) is 0 Å². The van der Waals surface area contributed by atoms with Crippen molar-refractivity contribution < 1.29 is 9.53 Å². The first-order valence-electron chi connectivity index (χ1n) is 6.35. The van der Waals surface area contributed by atoms with E-state index in [1.165, 1.54) is 0 Å². The van der Waals surface area contributed by atoms with E-state index >= 15 is 0 Å². The molecule has 2 rings (SSSR count). The van der Waals surface area contributed by atoms with Gasteiger partial charge in [0.2, 0.25) is 0 Å². The third-order valence-electron chi connectivity index (χ3n) is 3.01. The predicted molar refractivity (Wildman–Crippen MR) is 75.2 cm³/mol. The fourth-order valence-corrected chi connectivity index (χ4v) is 2.05. The second-order valence-corrected chi connectivity index (χ2v) is 4.43. The number of amides is 2. The zero-order chi connectivity index (χ0) is 13.7. The molecule has 1 aromatic rings. The number of allylic oxidation sites excluding steroid dienone is 1. The molecule has 2 amide bonds. The van der Waals surface area contributed by atoms with Crippen LogP contribution in [-0.4, -0.2) is 37.2 Å². The summed E-state index contributed by atoms with van der Waals surface area (Å²) in [6.07, 6.45) is 2.53. The highest BCUT2D eigenvalue weighted by Crippen LogP contribution is 2.22. The first-order valence-corrected chi connectivity index (χ1v) is 6.35. The van der Waals surface area contributed by atoms with Crippen LogP contribution in [0, 0.1) is 0 Å². The van der Waals surface area contributed by atoms with Gasteiger partial charge in [0.1, 0.15) is 12.4 Å². The van der Waals surface area contributed by atoms with Crippen molar-refractivity contribution in [3.8, 4) is 5.75 Å². The zero-order valence-electron chi connectivity index (χ0n) is 10.9. The summed E-state index contributed by atoms with van der Waals surface area (Å²) in [7, 11) is 0. The average Bonchev–Trinajstić information content (AvgIpc) is 2.78. The van der Waals surface area contributed by atoms with Crippen LogP contribution >= 0.6 is 0 Å². The van der Waals surface area contributed by atoms with Crippen LogP contribution in [0.15, 0.2) is 30.9 Å². The van der Waals surface area contributed by atoms with Crippen molar-refractivity contribution in [1.29, 1.82) is 0 Å². The van der Waals surface area contributed by atoms with Crippen molar-refractivity contribution in [2.24, 2.45) is 0 Å². The quantitative estimate of drug-likeness (QED) is 0.601. The Kier molecular flexibility index (Phi) is 4.28. The van der Waals surface area contributed by atoms with Gasteiger partial charge in [-0.15, -0.1) is 6.58 Å². The van der Waals surface area contributed by atoms with Crippen LogP contribution in [0.4, 0.5) is 10.5 Å². The first kappa shape index (κ1) is 13.3. The van der Waals surface area contributed by atoms with Gasteiger partial charge in [0.15, 0.2) is 0 Å². The molecular formula is C14H19N3O2. The van der Waals surface area contributed by atoms with Gasteiger partial charge in [-0.25, -0.2) is 4.79 Å². The summed E-state index contributed by atoms with van der Waals surface area (Å²) in [4.78, 5) is 13.1. The van der Waals surface area contributed by atoms with Crippen molar-refractivity contribution in [2.45, 2.75) is 6.42 Å². The van der Waals surface area contributed by atoms with E-state index in [-0.39, 0.29) is 6.03 Å². The van der Waals surface area contributed by atoms with Crippen LogP contribution in [0.1, 0.15) is 5.56 Å². The van der Waals surface area contributed by atoms with Gasteiger partial charge in [-0.3, -0.25) is 0 Å². The molecule has 1 aliphatic rings. The second kappa shape index (κ2) is 6.13. The standard InChI is InChI=1S/C14H19N3O2/c1-2-3-11-10-12(15)4-5-13(11)19-9-8-17-7-6-16-14(17)18/h2,4-5,10H,1,3,6-9,15H2,(H,16,18).